The molecule has 0 spiro atoms. The average Bonchev–Trinajstić information content (AvgIpc) is 2.30. The van der Waals surface area contributed by atoms with Crippen LogP contribution in [0.3, 0.4) is 0 Å². The lowest BCUT2D eigenvalue weighted by Gasteiger charge is -2.19. The molecule has 1 rings (SSSR count). The molecule has 4 nitrogen and oxygen atoms in total. The van der Waals surface area contributed by atoms with Crippen molar-refractivity contribution in [3.05, 3.63) is 23.8 Å². The lowest BCUT2D eigenvalue weighted by molar-refractivity contribution is 0.0600. The number of nitrogens with two attached hydrogens (primary N) is 1. The molecule has 0 saturated heterocycles. The maximum atomic E-state index is 11.4. The third-order valence-corrected chi connectivity index (χ3v) is 2.69. The monoisotopic (exact) mass is 237 g/mol. The molecule has 0 heterocycles. The Hall–Kier alpha value is -1.71. The number of hydrogen-bond donors (Lipinski definition) is 1. The molecule has 0 radical (unpaired) electrons. The third kappa shape index (κ3) is 3.37. The minimum absolute atomic E-state index is 0.0326. The van der Waals surface area contributed by atoms with Crippen LogP contribution in [0, 0.1) is 5.92 Å². The molecule has 1 aromatic rings. The van der Waals surface area contributed by atoms with Gasteiger partial charge in [0, 0.05) is 0 Å². The van der Waals surface area contributed by atoms with Crippen LogP contribution in [-0.4, -0.2) is 19.2 Å². The summed E-state index contributed by atoms with van der Waals surface area (Å²) >= 11 is 0. The summed E-state index contributed by atoms with van der Waals surface area (Å²) < 4.78 is 10.4. The van der Waals surface area contributed by atoms with E-state index < -0.39 is 5.97 Å². The highest BCUT2D eigenvalue weighted by Gasteiger charge is 2.13. The van der Waals surface area contributed by atoms with Crippen LogP contribution >= 0.6 is 0 Å². The zero-order valence-electron chi connectivity index (χ0n) is 10.7. The Morgan fingerprint density at radius 3 is 2.47 bits per heavy atom. The van der Waals surface area contributed by atoms with E-state index in [0.29, 0.717) is 22.9 Å². The molecule has 1 unspecified atom stereocenters. The minimum atomic E-state index is -0.396. The first-order valence-corrected chi connectivity index (χ1v) is 5.60. The van der Waals surface area contributed by atoms with Crippen LogP contribution in [0.15, 0.2) is 18.2 Å². The van der Waals surface area contributed by atoms with Gasteiger partial charge in [0.25, 0.3) is 0 Å². The van der Waals surface area contributed by atoms with Gasteiger partial charge >= 0.3 is 5.97 Å². The summed E-state index contributed by atoms with van der Waals surface area (Å²) in [5, 5.41) is 0. The molecule has 94 valence electrons. The Labute approximate surface area is 102 Å². The fourth-order valence-corrected chi connectivity index (χ4v) is 1.22. The van der Waals surface area contributed by atoms with Crippen molar-refractivity contribution < 1.29 is 14.3 Å². The highest BCUT2D eigenvalue weighted by molar-refractivity contribution is 5.90. The number of nitrogen functional groups attached to an aromatic ring is 1. The number of rotatable bonds is 4. The van der Waals surface area contributed by atoms with Crippen LogP contribution in [0.25, 0.3) is 0 Å². The second kappa shape index (κ2) is 5.57. The quantitative estimate of drug-likeness (QED) is 0.645. The SMILES string of the molecule is COC(=O)c1ccc(N)c(OC(C)C(C)C)c1. The number of anilines is 1. The van der Waals surface area contributed by atoms with E-state index >= 15 is 0 Å². The molecule has 1 atom stereocenters. The molecule has 4 heteroatoms. The van der Waals surface area contributed by atoms with E-state index in [1.165, 1.54) is 7.11 Å². The van der Waals surface area contributed by atoms with Gasteiger partial charge in [-0.1, -0.05) is 13.8 Å². The Morgan fingerprint density at radius 2 is 1.94 bits per heavy atom. The maximum absolute atomic E-state index is 11.4. The summed E-state index contributed by atoms with van der Waals surface area (Å²) in [6, 6.07) is 4.88. The van der Waals surface area contributed by atoms with Crippen molar-refractivity contribution in [2.45, 2.75) is 26.9 Å². The van der Waals surface area contributed by atoms with Crippen molar-refractivity contribution in [2.24, 2.45) is 5.92 Å². The molecule has 0 aromatic heterocycles. The summed E-state index contributed by atoms with van der Waals surface area (Å²) in [5.74, 6) is 0.498. The Kier molecular flexibility index (Phi) is 4.37. The molecule has 2 N–H and O–H groups in total. The number of carbonyl (C=O) groups excluding carboxylic acids is 1. The van der Waals surface area contributed by atoms with Gasteiger partial charge in [0.1, 0.15) is 5.75 Å². The van der Waals surface area contributed by atoms with Crippen LogP contribution in [0.2, 0.25) is 0 Å². The number of methoxy groups -OCH3 is 1. The minimum Gasteiger partial charge on any atom is -0.488 e. The number of esters is 1. The van der Waals surface area contributed by atoms with E-state index in [-0.39, 0.29) is 6.10 Å². The zero-order chi connectivity index (χ0) is 13.0. The summed E-state index contributed by atoms with van der Waals surface area (Å²) in [4.78, 5) is 11.4. The molecule has 0 aliphatic rings. The summed E-state index contributed by atoms with van der Waals surface area (Å²) in [7, 11) is 1.34. The lowest BCUT2D eigenvalue weighted by Crippen LogP contribution is -2.19. The number of ether oxygens (including phenoxy) is 2. The fraction of sp³-hybridized carbons (Fsp3) is 0.462. The zero-order valence-corrected chi connectivity index (χ0v) is 10.7. The molecule has 0 bridgehead atoms. The standard InChI is InChI=1S/C13H19NO3/c1-8(2)9(3)17-12-7-10(13(15)16-4)5-6-11(12)14/h5-9H,14H2,1-4H3. The van der Waals surface area contributed by atoms with Crippen LogP contribution in [0.1, 0.15) is 31.1 Å². The van der Waals surface area contributed by atoms with E-state index in [1.807, 2.05) is 6.92 Å². The van der Waals surface area contributed by atoms with E-state index in [0.717, 1.165) is 0 Å². The van der Waals surface area contributed by atoms with Crippen molar-refractivity contribution in [2.75, 3.05) is 12.8 Å². The molecular formula is C13H19NO3. The van der Waals surface area contributed by atoms with E-state index in [2.05, 4.69) is 18.6 Å². The molecule has 0 aliphatic carbocycles. The smallest absolute Gasteiger partial charge is 0.337 e. The first-order chi connectivity index (χ1) is 7.95. The summed E-state index contributed by atoms with van der Waals surface area (Å²) in [6.07, 6.45) is 0.0326. The predicted octanol–water partition coefficient (Wildman–Crippen LogP) is 2.48. The second-order valence-corrected chi connectivity index (χ2v) is 4.31. The van der Waals surface area contributed by atoms with Crippen LogP contribution in [-0.2, 0) is 4.74 Å². The number of benzene rings is 1. The molecular weight excluding hydrogens is 218 g/mol. The Bertz CT molecular complexity index is 402. The molecule has 0 fully saturated rings. The van der Waals surface area contributed by atoms with Crippen LogP contribution in [0.4, 0.5) is 5.69 Å². The lowest BCUT2D eigenvalue weighted by atomic mass is 10.1. The third-order valence-electron chi connectivity index (χ3n) is 2.69. The fourth-order valence-electron chi connectivity index (χ4n) is 1.22. The largest absolute Gasteiger partial charge is 0.488 e. The van der Waals surface area contributed by atoms with Gasteiger partial charge in [-0.25, -0.2) is 4.79 Å². The van der Waals surface area contributed by atoms with Crippen molar-refractivity contribution in [1.82, 2.24) is 0 Å². The second-order valence-electron chi connectivity index (χ2n) is 4.31. The normalized spacial score (nSPS) is 12.3. The van der Waals surface area contributed by atoms with E-state index in [4.69, 9.17) is 10.5 Å². The van der Waals surface area contributed by atoms with Gasteiger partial charge in [-0.05, 0) is 31.0 Å². The molecule has 0 amide bonds. The van der Waals surface area contributed by atoms with Gasteiger partial charge in [0.05, 0.1) is 24.5 Å². The Morgan fingerprint density at radius 1 is 1.29 bits per heavy atom. The van der Waals surface area contributed by atoms with Crippen molar-refractivity contribution >= 4 is 11.7 Å². The summed E-state index contributed by atoms with van der Waals surface area (Å²) in [6.45, 7) is 6.09. The van der Waals surface area contributed by atoms with Crippen molar-refractivity contribution in [1.29, 1.82) is 0 Å². The number of carbonyl (C=O) groups is 1. The molecule has 0 aliphatic heterocycles. The first-order valence-electron chi connectivity index (χ1n) is 5.60. The van der Waals surface area contributed by atoms with Crippen molar-refractivity contribution in [3.63, 3.8) is 0 Å². The van der Waals surface area contributed by atoms with Crippen molar-refractivity contribution in [3.8, 4) is 5.75 Å². The number of hydrogen-bond acceptors (Lipinski definition) is 4. The topological polar surface area (TPSA) is 61.5 Å². The van der Waals surface area contributed by atoms with Gasteiger partial charge in [-0.2, -0.15) is 0 Å². The first kappa shape index (κ1) is 13.4. The average molecular weight is 237 g/mol. The van der Waals surface area contributed by atoms with Gasteiger partial charge in [-0.15, -0.1) is 0 Å². The highest BCUT2D eigenvalue weighted by atomic mass is 16.5. The predicted molar refractivity (Wildman–Crippen MR) is 67.1 cm³/mol. The highest BCUT2D eigenvalue weighted by Crippen LogP contribution is 2.25. The molecule has 1 aromatic carbocycles. The van der Waals surface area contributed by atoms with Gasteiger partial charge in [0.15, 0.2) is 0 Å². The van der Waals surface area contributed by atoms with Crippen LogP contribution < -0.4 is 10.5 Å². The van der Waals surface area contributed by atoms with Gasteiger partial charge in [0.2, 0.25) is 0 Å². The van der Waals surface area contributed by atoms with Gasteiger partial charge < -0.3 is 15.2 Å². The van der Waals surface area contributed by atoms with E-state index in [1.54, 1.807) is 18.2 Å². The molecule has 17 heavy (non-hydrogen) atoms. The Balaban J connectivity index is 2.94. The summed E-state index contributed by atoms with van der Waals surface area (Å²) in [5.41, 5.74) is 6.76. The van der Waals surface area contributed by atoms with E-state index in [9.17, 15) is 4.79 Å². The molecule has 0 saturated carbocycles. The van der Waals surface area contributed by atoms with Crippen LogP contribution in [0.5, 0.6) is 5.75 Å². The van der Waals surface area contributed by atoms with Gasteiger partial charge in [-0.3, -0.25) is 0 Å². The maximum Gasteiger partial charge on any atom is 0.337 e.